The number of anilines is 1. The fourth-order valence-electron chi connectivity index (χ4n) is 4.33. The van der Waals surface area contributed by atoms with Crippen molar-refractivity contribution in [3.8, 4) is 5.75 Å². The zero-order valence-corrected chi connectivity index (χ0v) is 20.8. The Balaban J connectivity index is 1.42. The highest BCUT2D eigenvalue weighted by molar-refractivity contribution is 7.89. The fraction of sp³-hybridized carbons (Fsp3) is 0.400. The van der Waals surface area contributed by atoms with E-state index in [1.165, 1.54) is 28.4 Å². The molecule has 0 aliphatic carbocycles. The molecule has 3 aromatic rings. The fourth-order valence-corrected chi connectivity index (χ4v) is 6.03. The summed E-state index contributed by atoms with van der Waals surface area (Å²) < 4.78 is 34.6. The molecular formula is C25H30N4O5S. The molecule has 1 aromatic heterocycles. The summed E-state index contributed by atoms with van der Waals surface area (Å²) >= 11 is 0. The van der Waals surface area contributed by atoms with Crippen LogP contribution in [0.15, 0.2) is 52.4 Å². The minimum Gasteiger partial charge on any atom is -0.495 e. The summed E-state index contributed by atoms with van der Waals surface area (Å²) in [5.74, 6) is -0.0267. The van der Waals surface area contributed by atoms with Gasteiger partial charge < -0.3 is 10.1 Å². The van der Waals surface area contributed by atoms with Crippen LogP contribution in [0.4, 0.5) is 5.69 Å². The Morgan fingerprint density at radius 2 is 1.91 bits per heavy atom. The highest BCUT2D eigenvalue weighted by Crippen LogP contribution is 2.31. The van der Waals surface area contributed by atoms with Crippen molar-refractivity contribution in [1.82, 2.24) is 13.9 Å². The number of rotatable bonds is 8. The normalized spacial score (nSPS) is 14.7. The van der Waals surface area contributed by atoms with Crippen LogP contribution in [-0.2, 0) is 21.4 Å². The predicted molar refractivity (Wildman–Crippen MR) is 134 cm³/mol. The van der Waals surface area contributed by atoms with Crippen molar-refractivity contribution in [3.05, 3.63) is 58.6 Å². The summed E-state index contributed by atoms with van der Waals surface area (Å²) in [6, 6.07) is 10.1. The lowest BCUT2D eigenvalue weighted by Crippen LogP contribution is -2.35. The molecule has 4 rings (SSSR count). The Morgan fingerprint density at radius 3 is 2.66 bits per heavy atom. The van der Waals surface area contributed by atoms with E-state index in [2.05, 4.69) is 10.3 Å². The summed E-state index contributed by atoms with van der Waals surface area (Å²) in [5.41, 5.74) is 1.86. The number of piperidine rings is 1. The average molecular weight is 499 g/mol. The van der Waals surface area contributed by atoms with E-state index in [1.54, 1.807) is 18.2 Å². The molecule has 1 aliphatic heterocycles. The summed E-state index contributed by atoms with van der Waals surface area (Å²) in [7, 11) is -2.31. The molecule has 0 saturated carbocycles. The van der Waals surface area contributed by atoms with Crippen LogP contribution in [0.5, 0.6) is 5.75 Å². The number of methoxy groups -OCH3 is 1. The van der Waals surface area contributed by atoms with Crippen molar-refractivity contribution in [2.75, 3.05) is 25.5 Å². The predicted octanol–water partition coefficient (Wildman–Crippen LogP) is 3.31. The van der Waals surface area contributed by atoms with E-state index in [0.717, 1.165) is 24.8 Å². The molecule has 9 nitrogen and oxygen atoms in total. The number of hydrogen-bond donors (Lipinski definition) is 1. The average Bonchev–Trinajstić information content (AvgIpc) is 2.86. The molecule has 186 valence electrons. The molecule has 1 fully saturated rings. The topological polar surface area (TPSA) is 111 Å². The molecular weight excluding hydrogens is 468 g/mol. The van der Waals surface area contributed by atoms with Gasteiger partial charge in [0.2, 0.25) is 15.9 Å². The molecule has 1 saturated heterocycles. The number of sulfonamides is 1. The molecule has 0 radical (unpaired) electrons. The SMILES string of the molecule is COc1ccc(NC(=O)CCCn2cnc3c(C)cccc3c2=O)cc1S(=O)(=O)N1CCCCC1. The first-order valence-electron chi connectivity index (χ1n) is 11.7. The number of amides is 1. The molecule has 0 bridgehead atoms. The van der Waals surface area contributed by atoms with Crippen molar-refractivity contribution in [2.24, 2.45) is 0 Å². The van der Waals surface area contributed by atoms with Gasteiger partial charge in [0, 0.05) is 31.7 Å². The number of carbonyl (C=O) groups excluding carboxylic acids is 1. The third-order valence-corrected chi connectivity index (χ3v) is 8.16. The Hall–Kier alpha value is -3.24. The van der Waals surface area contributed by atoms with Crippen molar-refractivity contribution in [3.63, 3.8) is 0 Å². The Morgan fingerprint density at radius 1 is 1.14 bits per heavy atom. The van der Waals surface area contributed by atoms with Gasteiger partial charge in [-0.15, -0.1) is 0 Å². The number of ether oxygens (including phenoxy) is 1. The summed E-state index contributed by atoms with van der Waals surface area (Å²) in [5, 5.41) is 3.32. The van der Waals surface area contributed by atoms with Crippen molar-refractivity contribution in [1.29, 1.82) is 0 Å². The van der Waals surface area contributed by atoms with E-state index in [-0.39, 0.29) is 28.5 Å². The van der Waals surface area contributed by atoms with Crippen LogP contribution in [0.3, 0.4) is 0 Å². The smallest absolute Gasteiger partial charge is 0.261 e. The number of nitrogens with zero attached hydrogens (tertiary/aromatic N) is 3. The Labute approximate surface area is 204 Å². The van der Waals surface area contributed by atoms with Crippen molar-refractivity contribution < 1.29 is 17.9 Å². The minimum absolute atomic E-state index is 0.0452. The van der Waals surface area contributed by atoms with Gasteiger partial charge in [-0.3, -0.25) is 14.2 Å². The lowest BCUT2D eigenvalue weighted by atomic mass is 10.1. The van der Waals surface area contributed by atoms with Crippen LogP contribution in [0.25, 0.3) is 10.9 Å². The molecule has 1 N–H and O–H groups in total. The second-order valence-electron chi connectivity index (χ2n) is 8.70. The zero-order valence-electron chi connectivity index (χ0n) is 20.0. The maximum Gasteiger partial charge on any atom is 0.261 e. The zero-order chi connectivity index (χ0) is 25.0. The number of aromatic nitrogens is 2. The first kappa shape index (κ1) is 24.9. The van der Waals surface area contributed by atoms with Crippen LogP contribution in [0, 0.1) is 6.92 Å². The summed E-state index contributed by atoms with van der Waals surface area (Å²) in [6.07, 6.45) is 4.77. The molecule has 0 unspecified atom stereocenters. The van der Waals surface area contributed by atoms with Gasteiger partial charge >= 0.3 is 0 Å². The number of benzene rings is 2. The molecule has 2 heterocycles. The largest absolute Gasteiger partial charge is 0.495 e. The number of para-hydroxylation sites is 1. The lowest BCUT2D eigenvalue weighted by Gasteiger charge is -2.26. The van der Waals surface area contributed by atoms with Gasteiger partial charge in [0.15, 0.2) is 0 Å². The molecule has 10 heteroatoms. The lowest BCUT2D eigenvalue weighted by molar-refractivity contribution is -0.116. The maximum absolute atomic E-state index is 13.2. The summed E-state index contributed by atoms with van der Waals surface area (Å²) in [4.78, 5) is 29.7. The van der Waals surface area contributed by atoms with Gasteiger partial charge in [0.1, 0.15) is 10.6 Å². The molecule has 1 aliphatic rings. The quantitative estimate of drug-likeness (QED) is 0.510. The van der Waals surface area contributed by atoms with Crippen LogP contribution < -0.4 is 15.6 Å². The number of hydrogen-bond acceptors (Lipinski definition) is 6. The number of aryl methyl sites for hydroxylation is 2. The number of fused-ring (bicyclic) bond motifs is 1. The standard InChI is InChI=1S/C25H30N4O5S/c1-18-8-6-9-20-24(18)26-17-28(25(20)31)13-7-10-23(30)27-19-11-12-21(34-2)22(16-19)35(32,33)29-14-4-3-5-15-29/h6,8-9,11-12,16-17H,3-5,7,10,13-15H2,1-2H3,(H,27,30). The number of carbonyl (C=O) groups is 1. The Kier molecular flexibility index (Phi) is 7.51. The molecule has 0 spiro atoms. The molecule has 1 amide bonds. The van der Waals surface area contributed by atoms with Gasteiger partial charge in [-0.25, -0.2) is 13.4 Å². The van der Waals surface area contributed by atoms with Crippen molar-refractivity contribution >= 4 is 32.5 Å². The van der Waals surface area contributed by atoms with Crippen LogP contribution >= 0.6 is 0 Å². The second-order valence-corrected chi connectivity index (χ2v) is 10.6. The highest BCUT2D eigenvalue weighted by atomic mass is 32.2. The highest BCUT2D eigenvalue weighted by Gasteiger charge is 2.29. The first-order valence-corrected chi connectivity index (χ1v) is 13.2. The second kappa shape index (κ2) is 10.6. The van der Waals surface area contributed by atoms with E-state index in [1.807, 2.05) is 19.1 Å². The van der Waals surface area contributed by atoms with E-state index in [4.69, 9.17) is 4.74 Å². The first-order chi connectivity index (χ1) is 16.8. The van der Waals surface area contributed by atoms with Gasteiger partial charge in [-0.1, -0.05) is 18.6 Å². The van der Waals surface area contributed by atoms with E-state index >= 15 is 0 Å². The van der Waals surface area contributed by atoms with E-state index in [9.17, 15) is 18.0 Å². The van der Waals surface area contributed by atoms with Crippen LogP contribution in [-0.4, -0.2) is 48.4 Å². The van der Waals surface area contributed by atoms with Gasteiger partial charge in [0.05, 0.1) is 24.3 Å². The van der Waals surface area contributed by atoms with Crippen LogP contribution in [0.2, 0.25) is 0 Å². The maximum atomic E-state index is 13.2. The summed E-state index contributed by atoms with van der Waals surface area (Å²) in [6.45, 7) is 3.21. The monoisotopic (exact) mass is 498 g/mol. The molecule has 35 heavy (non-hydrogen) atoms. The Bertz CT molecular complexity index is 1390. The van der Waals surface area contributed by atoms with Crippen molar-refractivity contribution in [2.45, 2.75) is 50.5 Å². The third kappa shape index (κ3) is 5.38. The minimum atomic E-state index is -3.73. The van der Waals surface area contributed by atoms with Crippen LogP contribution in [0.1, 0.15) is 37.7 Å². The van der Waals surface area contributed by atoms with Gasteiger partial charge in [0.25, 0.3) is 5.56 Å². The third-order valence-electron chi connectivity index (χ3n) is 6.24. The van der Waals surface area contributed by atoms with E-state index < -0.39 is 10.0 Å². The molecule has 0 atom stereocenters. The van der Waals surface area contributed by atoms with E-state index in [0.29, 0.717) is 42.6 Å². The van der Waals surface area contributed by atoms with Gasteiger partial charge in [-0.05, 0) is 56.0 Å². The molecule has 2 aromatic carbocycles. The number of nitrogens with one attached hydrogen (secondary N) is 1. The van der Waals surface area contributed by atoms with Gasteiger partial charge in [-0.2, -0.15) is 4.31 Å².